The summed E-state index contributed by atoms with van der Waals surface area (Å²) in [7, 11) is -8.46. The molecule has 0 spiro atoms. The molecule has 9 heteroatoms. The summed E-state index contributed by atoms with van der Waals surface area (Å²) in [5, 5.41) is 0.423. The molecular weight excluding hydrogens is 623 g/mol. The average Bonchev–Trinajstić information content (AvgIpc) is 2.80. The van der Waals surface area contributed by atoms with E-state index in [0.29, 0.717) is 6.61 Å². The highest BCUT2D eigenvalue weighted by Crippen LogP contribution is 2.46. The van der Waals surface area contributed by atoms with Gasteiger partial charge in [0.15, 0.2) is 33.3 Å². The number of hydrogen-bond donors (Lipinski definition) is 0. The van der Waals surface area contributed by atoms with Gasteiger partial charge in [-0.2, -0.15) is 0 Å². The fourth-order valence-corrected chi connectivity index (χ4v) is 9.78. The van der Waals surface area contributed by atoms with Crippen LogP contribution in [0.1, 0.15) is 116 Å². The van der Waals surface area contributed by atoms with Crippen molar-refractivity contribution in [1.29, 1.82) is 0 Å². The molecule has 0 bridgehead atoms. The molecule has 45 heavy (non-hydrogen) atoms. The third-order valence-corrected chi connectivity index (χ3v) is 30.4. The molecule has 0 N–H and O–H groups in total. The number of hydrogen-bond acceptors (Lipinski definition) is 5. The van der Waals surface area contributed by atoms with E-state index < -0.39 is 33.3 Å². The Morgan fingerprint density at radius 1 is 0.533 bits per heavy atom. The minimum atomic E-state index is -2.19. The Kier molecular flexibility index (Phi) is 14.8. The van der Waals surface area contributed by atoms with Crippen molar-refractivity contribution in [3.63, 3.8) is 0 Å². The van der Waals surface area contributed by atoms with E-state index in [-0.39, 0.29) is 44.5 Å². The van der Waals surface area contributed by atoms with Crippen molar-refractivity contribution in [2.75, 3.05) is 19.7 Å². The molecular formula is C36H81NO4Si4. The van der Waals surface area contributed by atoms with Gasteiger partial charge in [-0.3, -0.25) is 4.90 Å². The lowest BCUT2D eigenvalue weighted by Gasteiger charge is -2.56. The van der Waals surface area contributed by atoms with Crippen molar-refractivity contribution in [2.45, 2.75) is 213 Å². The zero-order valence-corrected chi connectivity index (χ0v) is 38.3. The lowest BCUT2D eigenvalue weighted by molar-refractivity contribution is -0.128. The molecule has 0 radical (unpaired) electrons. The van der Waals surface area contributed by atoms with E-state index >= 15 is 0 Å². The number of rotatable bonds is 14. The Bertz CT molecular complexity index is 910. The predicted molar refractivity (Wildman–Crippen MR) is 209 cm³/mol. The Balaban J connectivity index is 3.93. The number of likely N-dealkylation sites (tertiary alicyclic amines) is 1. The predicted octanol–water partition coefficient (Wildman–Crippen LogP) is 11.4. The fraction of sp³-hybridized carbons (Fsp3) is 1.00. The molecule has 0 aromatic carbocycles. The second-order valence-corrected chi connectivity index (χ2v) is 39.4. The quantitative estimate of drug-likeness (QED) is 0.133. The molecule has 0 aromatic rings. The number of piperidine rings is 1. The fourth-order valence-electron chi connectivity index (χ4n) is 4.80. The molecule has 5 nitrogen and oxygen atoms in total. The molecule has 0 saturated carbocycles. The molecule has 1 fully saturated rings. The summed E-state index contributed by atoms with van der Waals surface area (Å²) in [4.78, 5) is 2.71. The summed E-state index contributed by atoms with van der Waals surface area (Å²) < 4.78 is 29.8. The van der Waals surface area contributed by atoms with E-state index in [2.05, 4.69) is 147 Å². The van der Waals surface area contributed by atoms with Gasteiger partial charge in [-0.25, -0.2) is 0 Å². The van der Waals surface area contributed by atoms with E-state index in [1.54, 1.807) is 0 Å². The SMILES string of the molecule is CCCCCCN1CC(O[Si](C)(C)C(C)(C)C)C(O[Si](C)(C)C(C)(C)C)C(O[Si](C)(C)C(C)(C)C)[C@H]1CO[Si](C)(C)C(C)(C)C. The minimum absolute atomic E-state index is 0.0370. The van der Waals surface area contributed by atoms with E-state index in [4.69, 9.17) is 17.7 Å². The van der Waals surface area contributed by atoms with E-state index in [1.165, 1.54) is 25.7 Å². The van der Waals surface area contributed by atoms with Crippen LogP contribution in [0.3, 0.4) is 0 Å². The first-order chi connectivity index (χ1) is 19.8. The average molecular weight is 704 g/mol. The topological polar surface area (TPSA) is 40.2 Å². The maximum absolute atomic E-state index is 7.63. The van der Waals surface area contributed by atoms with E-state index in [0.717, 1.165) is 13.1 Å². The largest absolute Gasteiger partial charge is 0.415 e. The molecule has 270 valence electrons. The molecule has 1 saturated heterocycles. The molecule has 1 aliphatic heterocycles. The van der Waals surface area contributed by atoms with Crippen LogP contribution in [0, 0.1) is 0 Å². The van der Waals surface area contributed by atoms with Crippen molar-refractivity contribution in [2.24, 2.45) is 0 Å². The van der Waals surface area contributed by atoms with Gasteiger partial charge in [0.05, 0.1) is 31.0 Å². The van der Waals surface area contributed by atoms with Crippen LogP contribution in [0.15, 0.2) is 0 Å². The van der Waals surface area contributed by atoms with Crippen molar-refractivity contribution < 1.29 is 17.7 Å². The summed E-state index contributed by atoms with van der Waals surface area (Å²) in [6, 6.07) is 0.129. The van der Waals surface area contributed by atoms with Crippen LogP contribution in [-0.2, 0) is 17.7 Å². The molecule has 0 aromatic heterocycles. The van der Waals surface area contributed by atoms with Gasteiger partial charge >= 0.3 is 0 Å². The Labute approximate surface area is 287 Å². The highest BCUT2D eigenvalue weighted by atomic mass is 28.4. The molecule has 0 aliphatic carbocycles. The summed E-state index contributed by atoms with van der Waals surface area (Å²) in [5.74, 6) is 0. The molecule has 1 rings (SSSR count). The summed E-state index contributed by atoms with van der Waals surface area (Å²) in [6.07, 6.45) is 4.70. The zero-order valence-electron chi connectivity index (χ0n) is 34.3. The second-order valence-electron chi connectivity index (χ2n) is 20.3. The number of unbranched alkanes of at least 4 members (excludes halogenated alkanes) is 3. The van der Waals surface area contributed by atoms with Crippen LogP contribution < -0.4 is 0 Å². The summed E-state index contributed by atoms with van der Waals surface area (Å²) >= 11 is 0. The summed E-state index contributed by atoms with van der Waals surface area (Å²) in [6.45, 7) is 52.4. The highest BCUT2D eigenvalue weighted by Gasteiger charge is 2.55. The maximum Gasteiger partial charge on any atom is 0.192 e. The normalized spacial score (nSPS) is 23.9. The molecule has 1 heterocycles. The third kappa shape index (κ3) is 11.6. The molecule has 0 amide bonds. The van der Waals surface area contributed by atoms with Gasteiger partial charge in [0.2, 0.25) is 0 Å². The van der Waals surface area contributed by atoms with Gasteiger partial charge in [0, 0.05) is 6.54 Å². The van der Waals surface area contributed by atoms with E-state index in [9.17, 15) is 0 Å². The van der Waals surface area contributed by atoms with Crippen molar-refractivity contribution in [3.05, 3.63) is 0 Å². The van der Waals surface area contributed by atoms with Gasteiger partial charge in [0.25, 0.3) is 0 Å². The minimum Gasteiger partial charge on any atom is -0.415 e. The lowest BCUT2D eigenvalue weighted by Crippen LogP contribution is -2.70. The van der Waals surface area contributed by atoms with Gasteiger partial charge in [-0.05, 0) is 85.5 Å². The van der Waals surface area contributed by atoms with E-state index in [1.807, 2.05) is 0 Å². The molecule has 4 atom stereocenters. The Hall–Kier alpha value is 0.668. The smallest absolute Gasteiger partial charge is 0.192 e. The first-order valence-corrected chi connectivity index (χ1v) is 29.9. The Morgan fingerprint density at radius 2 is 0.933 bits per heavy atom. The first kappa shape index (κ1) is 43.7. The van der Waals surface area contributed by atoms with Crippen LogP contribution >= 0.6 is 0 Å². The first-order valence-electron chi connectivity index (χ1n) is 18.2. The van der Waals surface area contributed by atoms with Crippen LogP contribution in [0.4, 0.5) is 0 Å². The van der Waals surface area contributed by atoms with Gasteiger partial charge in [-0.15, -0.1) is 0 Å². The van der Waals surface area contributed by atoms with Crippen LogP contribution in [0.25, 0.3) is 0 Å². The van der Waals surface area contributed by atoms with Crippen molar-refractivity contribution in [1.82, 2.24) is 4.90 Å². The molecule has 1 aliphatic rings. The van der Waals surface area contributed by atoms with Gasteiger partial charge in [-0.1, -0.05) is 109 Å². The zero-order chi connectivity index (χ0) is 35.7. The van der Waals surface area contributed by atoms with Crippen molar-refractivity contribution >= 4 is 33.3 Å². The third-order valence-electron chi connectivity index (χ3n) is 12.4. The monoisotopic (exact) mass is 704 g/mol. The highest BCUT2D eigenvalue weighted by molar-refractivity contribution is 6.75. The number of nitrogens with zero attached hydrogens (tertiary/aromatic N) is 1. The molecule has 3 unspecified atom stereocenters. The summed E-state index contributed by atoms with van der Waals surface area (Å²) in [5.41, 5.74) is 0. The standard InChI is InChI=1S/C36H81NO4Si4/c1-22-23-24-25-26-37-27-30(39-43(16,17)34(5,6)7)32(41-45(20,21)36(11,12)13)31(40-44(18,19)35(8,9)10)29(37)28-38-42(14,15)33(2,3)4/h29-32H,22-28H2,1-21H3/t29-,30?,31?,32?/m1/s1. The van der Waals surface area contributed by atoms with Crippen LogP contribution in [0.2, 0.25) is 72.5 Å². The van der Waals surface area contributed by atoms with Crippen LogP contribution in [0.5, 0.6) is 0 Å². The van der Waals surface area contributed by atoms with Crippen molar-refractivity contribution in [3.8, 4) is 0 Å². The Morgan fingerprint density at radius 3 is 1.33 bits per heavy atom. The van der Waals surface area contributed by atoms with Gasteiger partial charge in [0.1, 0.15) is 0 Å². The van der Waals surface area contributed by atoms with Crippen LogP contribution in [-0.4, -0.2) is 82.2 Å². The lowest BCUT2D eigenvalue weighted by atomic mass is 9.94. The van der Waals surface area contributed by atoms with Gasteiger partial charge < -0.3 is 17.7 Å². The second kappa shape index (κ2) is 15.3. The maximum atomic E-state index is 7.63.